The van der Waals surface area contributed by atoms with E-state index < -0.39 is 0 Å². The summed E-state index contributed by atoms with van der Waals surface area (Å²) in [4.78, 5) is 12.0. The number of piperidine rings is 1. The maximum absolute atomic E-state index is 12.0. The number of carbonyl (C=O) groups is 1. The minimum atomic E-state index is -0.00180. The molecule has 0 spiro atoms. The van der Waals surface area contributed by atoms with Crippen molar-refractivity contribution in [3.05, 3.63) is 29.5 Å². The second kappa shape index (κ2) is 4.09. The highest BCUT2D eigenvalue weighted by molar-refractivity contribution is 5.93. The SMILES string of the molecule is COc1cccc2c3c(n(C)c12)[C@@H]1CCC(=O)[C@H](C3)N1. The fraction of sp³-hybridized carbons (Fsp3) is 0.438. The Hall–Kier alpha value is -1.81. The van der Waals surface area contributed by atoms with Crippen LogP contribution >= 0.6 is 0 Å². The summed E-state index contributed by atoms with van der Waals surface area (Å²) in [6.45, 7) is 0. The molecule has 0 aliphatic carbocycles. The van der Waals surface area contributed by atoms with E-state index in [1.54, 1.807) is 7.11 Å². The quantitative estimate of drug-likeness (QED) is 0.863. The number of Topliss-reactive ketones (excluding diaryl/α,β-unsaturated/α-hetero) is 1. The number of hydrogen-bond donors (Lipinski definition) is 1. The largest absolute Gasteiger partial charge is 0.495 e. The van der Waals surface area contributed by atoms with Gasteiger partial charge in [0.1, 0.15) is 11.5 Å². The summed E-state index contributed by atoms with van der Waals surface area (Å²) in [6.07, 6.45) is 2.39. The molecule has 4 rings (SSSR count). The minimum Gasteiger partial charge on any atom is -0.495 e. The Morgan fingerprint density at radius 3 is 3.00 bits per heavy atom. The van der Waals surface area contributed by atoms with E-state index in [0.717, 1.165) is 24.1 Å². The highest BCUT2D eigenvalue weighted by atomic mass is 16.5. The van der Waals surface area contributed by atoms with E-state index in [2.05, 4.69) is 23.0 Å². The van der Waals surface area contributed by atoms with E-state index in [9.17, 15) is 4.79 Å². The van der Waals surface area contributed by atoms with Gasteiger partial charge in [0, 0.05) is 30.6 Å². The lowest BCUT2D eigenvalue weighted by molar-refractivity contribution is -0.123. The normalized spacial score (nSPS) is 24.8. The van der Waals surface area contributed by atoms with Crippen LogP contribution in [-0.2, 0) is 18.3 Å². The zero-order chi connectivity index (χ0) is 13.9. The summed E-state index contributed by atoms with van der Waals surface area (Å²) >= 11 is 0. The van der Waals surface area contributed by atoms with E-state index in [1.807, 2.05) is 12.1 Å². The summed E-state index contributed by atoms with van der Waals surface area (Å²) in [6, 6.07) is 6.46. The van der Waals surface area contributed by atoms with E-state index in [4.69, 9.17) is 4.74 Å². The van der Waals surface area contributed by atoms with Gasteiger partial charge in [-0.15, -0.1) is 0 Å². The van der Waals surface area contributed by atoms with Gasteiger partial charge in [-0.2, -0.15) is 0 Å². The number of fused-ring (bicyclic) bond motifs is 6. The van der Waals surface area contributed by atoms with Gasteiger partial charge >= 0.3 is 0 Å². The predicted octanol–water partition coefficient (Wildman–Crippen LogP) is 2.11. The van der Waals surface area contributed by atoms with Crippen molar-refractivity contribution in [1.82, 2.24) is 9.88 Å². The number of para-hydroxylation sites is 1. The summed E-state index contributed by atoms with van der Waals surface area (Å²) in [5, 5.41) is 4.72. The molecule has 0 amide bonds. The maximum Gasteiger partial charge on any atom is 0.150 e. The van der Waals surface area contributed by atoms with E-state index in [-0.39, 0.29) is 6.04 Å². The van der Waals surface area contributed by atoms with Crippen LogP contribution in [0.15, 0.2) is 18.2 Å². The zero-order valence-corrected chi connectivity index (χ0v) is 11.8. The van der Waals surface area contributed by atoms with Crippen LogP contribution in [0.25, 0.3) is 10.9 Å². The Balaban J connectivity index is 2.01. The average molecular weight is 270 g/mol. The van der Waals surface area contributed by atoms with E-state index in [0.29, 0.717) is 18.2 Å². The molecule has 20 heavy (non-hydrogen) atoms. The van der Waals surface area contributed by atoms with Gasteiger partial charge in [-0.05, 0) is 24.5 Å². The van der Waals surface area contributed by atoms with Gasteiger partial charge in [0.05, 0.1) is 18.7 Å². The number of nitrogens with zero attached hydrogens (tertiary/aromatic N) is 1. The van der Waals surface area contributed by atoms with Crippen LogP contribution in [-0.4, -0.2) is 23.5 Å². The molecule has 2 atom stereocenters. The van der Waals surface area contributed by atoms with Crippen LogP contribution in [0.2, 0.25) is 0 Å². The highest BCUT2D eigenvalue weighted by Crippen LogP contribution is 2.41. The molecule has 2 bridgehead atoms. The van der Waals surface area contributed by atoms with Crippen LogP contribution < -0.4 is 10.1 Å². The van der Waals surface area contributed by atoms with E-state index in [1.165, 1.54) is 16.6 Å². The third-order valence-corrected chi connectivity index (χ3v) is 4.76. The number of aromatic nitrogens is 1. The molecule has 1 aromatic carbocycles. The predicted molar refractivity (Wildman–Crippen MR) is 77.1 cm³/mol. The number of ketones is 1. The zero-order valence-electron chi connectivity index (χ0n) is 11.8. The number of methoxy groups -OCH3 is 1. The van der Waals surface area contributed by atoms with Gasteiger partial charge in [-0.1, -0.05) is 12.1 Å². The number of ether oxygens (including phenoxy) is 1. The van der Waals surface area contributed by atoms with Crippen molar-refractivity contribution in [2.24, 2.45) is 7.05 Å². The Labute approximate surface area is 117 Å². The molecule has 104 valence electrons. The summed E-state index contributed by atoms with van der Waals surface area (Å²) in [7, 11) is 3.81. The first-order valence-corrected chi connectivity index (χ1v) is 7.13. The molecule has 0 radical (unpaired) electrons. The molecule has 4 nitrogen and oxygen atoms in total. The van der Waals surface area contributed by atoms with Crippen LogP contribution in [0.1, 0.15) is 30.1 Å². The fourth-order valence-corrected chi connectivity index (χ4v) is 3.87. The molecule has 2 aliphatic heterocycles. The highest BCUT2D eigenvalue weighted by Gasteiger charge is 2.38. The second-order valence-corrected chi connectivity index (χ2v) is 5.76. The first kappa shape index (κ1) is 12.0. The molecule has 2 aliphatic rings. The van der Waals surface area contributed by atoms with Crippen LogP contribution in [0.4, 0.5) is 0 Å². The first-order chi connectivity index (χ1) is 9.70. The number of hydrogen-bond acceptors (Lipinski definition) is 3. The molecule has 4 heteroatoms. The Bertz CT molecular complexity index is 717. The molecule has 2 aromatic rings. The monoisotopic (exact) mass is 270 g/mol. The number of nitrogens with one attached hydrogen (secondary N) is 1. The molecule has 1 N–H and O–H groups in total. The molecule has 1 aromatic heterocycles. The standard InChI is InChI=1S/C16H18N2O2/c1-18-15-10(8-12-13(19)7-6-11(15)17-12)9-4-3-5-14(20-2)16(9)18/h3-5,11-12,17H,6-8H2,1-2H3/t11-,12-/m0/s1. The second-order valence-electron chi connectivity index (χ2n) is 5.76. The first-order valence-electron chi connectivity index (χ1n) is 7.13. The Morgan fingerprint density at radius 1 is 1.35 bits per heavy atom. The lowest BCUT2D eigenvalue weighted by Crippen LogP contribution is -2.48. The molecule has 1 saturated heterocycles. The van der Waals surface area contributed by atoms with Gasteiger partial charge in [0.25, 0.3) is 0 Å². The minimum absolute atomic E-state index is 0.00180. The van der Waals surface area contributed by atoms with Gasteiger partial charge in [0.2, 0.25) is 0 Å². The van der Waals surface area contributed by atoms with Gasteiger partial charge in [-0.25, -0.2) is 0 Å². The summed E-state index contributed by atoms with van der Waals surface area (Å²) in [5.74, 6) is 1.26. The van der Waals surface area contributed by atoms with Crippen LogP contribution in [0, 0.1) is 0 Å². The number of rotatable bonds is 1. The topological polar surface area (TPSA) is 43.3 Å². The number of carbonyl (C=O) groups excluding carboxylic acids is 1. The third kappa shape index (κ3) is 1.43. The Morgan fingerprint density at radius 2 is 2.20 bits per heavy atom. The molecule has 0 saturated carbocycles. The van der Waals surface area contributed by atoms with Crippen molar-refractivity contribution in [3.8, 4) is 5.75 Å². The van der Waals surface area contributed by atoms with Crippen LogP contribution in [0.3, 0.4) is 0 Å². The maximum atomic E-state index is 12.0. The van der Waals surface area contributed by atoms with Crippen LogP contribution in [0.5, 0.6) is 5.75 Å². The Kier molecular flexibility index (Phi) is 2.45. The van der Waals surface area contributed by atoms with Crippen molar-refractivity contribution >= 4 is 16.7 Å². The van der Waals surface area contributed by atoms with Crippen molar-refractivity contribution in [1.29, 1.82) is 0 Å². The lowest BCUT2D eigenvalue weighted by atomic mass is 9.84. The van der Waals surface area contributed by atoms with Gasteiger partial charge in [0.15, 0.2) is 0 Å². The smallest absolute Gasteiger partial charge is 0.150 e. The lowest BCUT2D eigenvalue weighted by Gasteiger charge is -2.35. The third-order valence-electron chi connectivity index (χ3n) is 4.76. The summed E-state index contributed by atoms with van der Waals surface area (Å²) < 4.78 is 7.75. The van der Waals surface area contributed by atoms with E-state index >= 15 is 0 Å². The number of aryl methyl sites for hydroxylation is 1. The van der Waals surface area contributed by atoms with Crippen molar-refractivity contribution in [3.63, 3.8) is 0 Å². The fourth-order valence-electron chi connectivity index (χ4n) is 3.87. The molecule has 0 unspecified atom stereocenters. The van der Waals surface area contributed by atoms with Gasteiger partial charge < -0.3 is 9.30 Å². The van der Waals surface area contributed by atoms with Gasteiger partial charge in [-0.3, -0.25) is 10.1 Å². The van der Waals surface area contributed by atoms with Crippen molar-refractivity contribution < 1.29 is 9.53 Å². The average Bonchev–Trinajstić information content (AvgIpc) is 2.77. The molecular formula is C16H18N2O2. The summed E-state index contributed by atoms with van der Waals surface area (Å²) in [5.41, 5.74) is 3.79. The van der Waals surface area contributed by atoms with Crippen molar-refractivity contribution in [2.75, 3.05) is 7.11 Å². The molecule has 3 heterocycles. The van der Waals surface area contributed by atoms with Crippen molar-refractivity contribution in [2.45, 2.75) is 31.3 Å². The number of benzene rings is 1. The molecular weight excluding hydrogens is 252 g/mol. The molecule has 1 fully saturated rings.